The summed E-state index contributed by atoms with van der Waals surface area (Å²) in [5.41, 5.74) is -0.770. The van der Waals surface area contributed by atoms with Gasteiger partial charge in [-0.1, -0.05) is 15.9 Å². The zero-order valence-electron chi connectivity index (χ0n) is 10.2. The molecule has 1 N–H and O–H groups in total. The summed E-state index contributed by atoms with van der Waals surface area (Å²) in [6.07, 6.45) is -4.68. The molecule has 0 bridgehead atoms. The Morgan fingerprint density at radius 2 is 2.05 bits per heavy atom. The summed E-state index contributed by atoms with van der Waals surface area (Å²) in [7, 11) is 0. The highest BCUT2D eigenvalue weighted by molar-refractivity contribution is 9.10. The number of carboxylic acids is 1. The maximum Gasteiger partial charge on any atom is 0.418 e. The van der Waals surface area contributed by atoms with Crippen molar-refractivity contribution < 1.29 is 23.1 Å². The standard InChI is InChI=1S/C12H13BrF3NO2/c1-2-17(6-5-11(18)19)10-4-3-8(13)7-9(10)12(14,15)16/h3-4,7H,2,5-6H2,1H3,(H,18,19). The fraction of sp³-hybridized carbons (Fsp3) is 0.417. The molecular weight excluding hydrogens is 327 g/mol. The molecule has 0 saturated heterocycles. The first-order valence-corrected chi connectivity index (χ1v) is 6.38. The van der Waals surface area contributed by atoms with Crippen molar-refractivity contribution in [1.29, 1.82) is 0 Å². The molecular formula is C12H13BrF3NO2. The van der Waals surface area contributed by atoms with Gasteiger partial charge in [0.05, 0.1) is 12.0 Å². The highest BCUT2D eigenvalue weighted by atomic mass is 79.9. The third-order valence-corrected chi connectivity index (χ3v) is 3.08. The maximum absolute atomic E-state index is 13.0. The third kappa shape index (κ3) is 4.41. The number of carbonyl (C=O) groups is 1. The molecule has 0 fully saturated rings. The van der Waals surface area contributed by atoms with Gasteiger partial charge in [-0.05, 0) is 25.1 Å². The lowest BCUT2D eigenvalue weighted by atomic mass is 10.1. The Hall–Kier alpha value is -1.24. The zero-order chi connectivity index (χ0) is 14.6. The molecule has 0 atom stereocenters. The van der Waals surface area contributed by atoms with Gasteiger partial charge < -0.3 is 10.0 Å². The fourth-order valence-corrected chi connectivity index (χ4v) is 2.05. The van der Waals surface area contributed by atoms with Gasteiger partial charge in [0.2, 0.25) is 0 Å². The summed E-state index contributed by atoms with van der Waals surface area (Å²) in [4.78, 5) is 11.9. The number of anilines is 1. The van der Waals surface area contributed by atoms with E-state index in [1.807, 2.05) is 0 Å². The number of rotatable bonds is 5. The van der Waals surface area contributed by atoms with Crippen LogP contribution in [-0.4, -0.2) is 24.2 Å². The van der Waals surface area contributed by atoms with E-state index in [1.165, 1.54) is 17.0 Å². The lowest BCUT2D eigenvalue weighted by Crippen LogP contribution is -2.28. The Labute approximate surface area is 117 Å². The summed E-state index contributed by atoms with van der Waals surface area (Å²) < 4.78 is 39.2. The number of halogens is 4. The minimum atomic E-state index is -4.48. The zero-order valence-corrected chi connectivity index (χ0v) is 11.8. The molecule has 1 aromatic carbocycles. The van der Waals surface area contributed by atoms with E-state index in [0.29, 0.717) is 11.0 Å². The van der Waals surface area contributed by atoms with Gasteiger partial charge in [0.1, 0.15) is 0 Å². The number of nitrogens with zero attached hydrogens (tertiary/aromatic N) is 1. The Balaban J connectivity index is 3.12. The second kappa shape index (κ2) is 6.27. The molecule has 0 aliphatic carbocycles. The van der Waals surface area contributed by atoms with Crippen LogP contribution in [0.4, 0.5) is 18.9 Å². The van der Waals surface area contributed by atoms with E-state index >= 15 is 0 Å². The molecule has 19 heavy (non-hydrogen) atoms. The molecule has 1 aromatic rings. The number of benzene rings is 1. The number of alkyl halides is 3. The van der Waals surface area contributed by atoms with Crippen LogP contribution in [-0.2, 0) is 11.0 Å². The van der Waals surface area contributed by atoms with Gasteiger partial charge >= 0.3 is 12.1 Å². The van der Waals surface area contributed by atoms with Crippen LogP contribution in [0.15, 0.2) is 22.7 Å². The van der Waals surface area contributed by atoms with Crippen molar-refractivity contribution in [3.63, 3.8) is 0 Å². The van der Waals surface area contributed by atoms with Gasteiger partial charge in [-0.25, -0.2) is 0 Å². The van der Waals surface area contributed by atoms with E-state index in [0.717, 1.165) is 6.07 Å². The molecule has 106 valence electrons. The minimum Gasteiger partial charge on any atom is -0.481 e. The van der Waals surface area contributed by atoms with Crippen LogP contribution >= 0.6 is 15.9 Å². The van der Waals surface area contributed by atoms with Crippen molar-refractivity contribution in [2.45, 2.75) is 19.5 Å². The Bertz CT molecular complexity index is 463. The molecule has 1 rings (SSSR count). The highest BCUT2D eigenvalue weighted by Crippen LogP contribution is 2.38. The Kier molecular flexibility index (Phi) is 5.22. The van der Waals surface area contributed by atoms with E-state index < -0.39 is 17.7 Å². The monoisotopic (exact) mass is 339 g/mol. The smallest absolute Gasteiger partial charge is 0.418 e. The molecule has 0 amide bonds. The molecule has 3 nitrogen and oxygen atoms in total. The van der Waals surface area contributed by atoms with Crippen molar-refractivity contribution >= 4 is 27.6 Å². The van der Waals surface area contributed by atoms with E-state index in [-0.39, 0.29) is 18.7 Å². The van der Waals surface area contributed by atoms with Crippen LogP contribution in [0.3, 0.4) is 0 Å². The van der Waals surface area contributed by atoms with Crippen molar-refractivity contribution in [3.05, 3.63) is 28.2 Å². The van der Waals surface area contributed by atoms with E-state index in [9.17, 15) is 18.0 Å². The Morgan fingerprint density at radius 3 is 2.53 bits per heavy atom. The van der Waals surface area contributed by atoms with E-state index in [4.69, 9.17) is 5.11 Å². The van der Waals surface area contributed by atoms with Crippen LogP contribution < -0.4 is 4.90 Å². The van der Waals surface area contributed by atoms with Crippen LogP contribution in [0, 0.1) is 0 Å². The average Bonchev–Trinajstić information content (AvgIpc) is 2.29. The molecule has 0 saturated carbocycles. The second-order valence-corrected chi connectivity index (χ2v) is 4.80. The molecule has 0 heterocycles. The summed E-state index contributed by atoms with van der Waals surface area (Å²) >= 11 is 3.01. The number of aliphatic carboxylic acids is 1. The lowest BCUT2D eigenvalue weighted by molar-refractivity contribution is -0.137. The van der Waals surface area contributed by atoms with Gasteiger partial charge in [-0.2, -0.15) is 13.2 Å². The van der Waals surface area contributed by atoms with Crippen LogP contribution in [0.25, 0.3) is 0 Å². The lowest BCUT2D eigenvalue weighted by Gasteiger charge is -2.26. The third-order valence-electron chi connectivity index (χ3n) is 2.58. The summed E-state index contributed by atoms with van der Waals surface area (Å²) in [6.45, 7) is 2.03. The van der Waals surface area contributed by atoms with Gasteiger partial charge in [-0.15, -0.1) is 0 Å². The minimum absolute atomic E-state index is 0.000509. The van der Waals surface area contributed by atoms with Gasteiger partial charge in [0.25, 0.3) is 0 Å². The van der Waals surface area contributed by atoms with Gasteiger partial charge in [0.15, 0.2) is 0 Å². The molecule has 0 radical (unpaired) electrons. The van der Waals surface area contributed by atoms with Gasteiger partial charge in [-0.3, -0.25) is 4.79 Å². The average molecular weight is 340 g/mol. The number of hydrogen-bond acceptors (Lipinski definition) is 2. The summed E-state index contributed by atoms with van der Waals surface area (Å²) in [6, 6.07) is 3.85. The first kappa shape index (κ1) is 15.8. The first-order chi connectivity index (χ1) is 8.75. The van der Waals surface area contributed by atoms with Gasteiger partial charge in [0, 0.05) is 23.2 Å². The second-order valence-electron chi connectivity index (χ2n) is 3.88. The Morgan fingerprint density at radius 1 is 1.42 bits per heavy atom. The molecule has 7 heteroatoms. The molecule has 0 aliphatic rings. The van der Waals surface area contributed by atoms with Crippen molar-refractivity contribution in [3.8, 4) is 0 Å². The number of carboxylic acid groups (broad SMARTS) is 1. The van der Waals surface area contributed by atoms with Crippen LogP contribution in [0.5, 0.6) is 0 Å². The molecule has 0 unspecified atom stereocenters. The quantitative estimate of drug-likeness (QED) is 0.887. The van der Waals surface area contributed by atoms with E-state index in [1.54, 1.807) is 6.92 Å². The fourth-order valence-electron chi connectivity index (χ4n) is 1.69. The highest BCUT2D eigenvalue weighted by Gasteiger charge is 2.34. The summed E-state index contributed by atoms with van der Waals surface area (Å²) in [5, 5.41) is 8.62. The van der Waals surface area contributed by atoms with Crippen LogP contribution in [0.1, 0.15) is 18.9 Å². The number of hydrogen-bond donors (Lipinski definition) is 1. The predicted molar refractivity (Wildman–Crippen MR) is 69.3 cm³/mol. The maximum atomic E-state index is 13.0. The van der Waals surface area contributed by atoms with Crippen molar-refractivity contribution in [1.82, 2.24) is 0 Å². The van der Waals surface area contributed by atoms with Crippen LogP contribution in [0.2, 0.25) is 0 Å². The topological polar surface area (TPSA) is 40.5 Å². The SMILES string of the molecule is CCN(CCC(=O)O)c1ccc(Br)cc1C(F)(F)F. The normalized spacial score (nSPS) is 11.4. The first-order valence-electron chi connectivity index (χ1n) is 5.59. The van der Waals surface area contributed by atoms with Crippen molar-refractivity contribution in [2.24, 2.45) is 0 Å². The van der Waals surface area contributed by atoms with Crippen molar-refractivity contribution in [2.75, 3.05) is 18.0 Å². The predicted octanol–water partition coefficient (Wildman–Crippen LogP) is 3.77. The molecule has 0 aromatic heterocycles. The largest absolute Gasteiger partial charge is 0.481 e. The molecule has 0 aliphatic heterocycles. The molecule has 0 spiro atoms. The summed E-state index contributed by atoms with van der Waals surface area (Å²) in [5.74, 6) is -1.04. The van der Waals surface area contributed by atoms with E-state index in [2.05, 4.69) is 15.9 Å².